The van der Waals surface area contributed by atoms with Crippen molar-refractivity contribution < 1.29 is 4.74 Å². The second kappa shape index (κ2) is 5.21. The summed E-state index contributed by atoms with van der Waals surface area (Å²) >= 11 is 5.45. The normalized spacial score (nSPS) is 18.9. The minimum Gasteiger partial charge on any atom is -0.497 e. The monoisotopic (exact) mass is 274 g/mol. The number of nitrogens with one attached hydrogen (secondary N) is 1. The zero-order chi connectivity index (χ0) is 13.2. The summed E-state index contributed by atoms with van der Waals surface area (Å²) < 4.78 is 8.31. The summed E-state index contributed by atoms with van der Waals surface area (Å²) in [4.78, 5) is 3.27. The first-order valence-corrected chi connectivity index (χ1v) is 7.10. The Hall–Kier alpha value is -1.55. The SMILES string of the molecule is COc1ccc2[nH]c(=S)n(CC3CC=CCC3)c2c1. The second-order valence-electron chi connectivity index (χ2n) is 5.07. The fourth-order valence-electron chi connectivity index (χ4n) is 2.72. The van der Waals surface area contributed by atoms with Crippen LogP contribution in [0.2, 0.25) is 0 Å². The minimum atomic E-state index is 0.682. The molecule has 1 heterocycles. The molecule has 1 aromatic heterocycles. The summed E-state index contributed by atoms with van der Waals surface area (Å²) in [6.45, 7) is 0.982. The fraction of sp³-hybridized carbons (Fsp3) is 0.400. The van der Waals surface area contributed by atoms with E-state index in [0.29, 0.717) is 5.92 Å². The van der Waals surface area contributed by atoms with Crippen LogP contribution < -0.4 is 4.74 Å². The highest BCUT2D eigenvalue weighted by Crippen LogP contribution is 2.25. The Labute approximate surface area is 117 Å². The number of imidazole rings is 1. The lowest BCUT2D eigenvalue weighted by Crippen LogP contribution is -2.12. The van der Waals surface area contributed by atoms with Gasteiger partial charge in [0.1, 0.15) is 5.75 Å². The van der Waals surface area contributed by atoms with E-state index in [9.17, 15) is 0 Å². The lowest BCUT2D eigenvalue weighted by Gasteiger charge is -2.18. The molecule has 4 heteroatoms. The van der Waals surface area contributed by atoms with E-state index in [-0.39, 0.29) is 0 Å². The van der Waals surface area contributed by atoms with Gasteiger partial charge < -0.3 is 14.3 Å². The van der Waals surface area contributed by atoms with Crippen LogP contribution in [0.4, 0.5) is 0 Å². The quantitative estimate of drug-likeness (QED) is 0.675. The maximum absolute atomic E-state index is 5.45. The molecule has 1 aliphatic carbocycles. The molecule has 0 saturated carbocycles. The number of allylic oxidation sites excluding steroid dienone is 2. The number of fused-ring (bicyclic) bond motifs is 1. The number of rotatable bonds is 3. The van der Waals surface area contributed by atoms with Crippen molar-refractivity contribution in [2.45, 2.75) is 25.8 Å². The Morgan fingerprint density at radius 1 is 1.42 bits per heavy atom. The van der Waals surface area contributed by atoms with Crippen LogP contribution in [-0.4, -0.2) is 16.7 Å². The molecule has 1 aromatic carbocycles. The van der Waals surface area contributed by atoms with Crippen LogP contribution in [0.5, 0.6) is 5.75 Å². The Bertz CT molecular complexity index is 668. The first-order valence-electron chi connectivity index (χ1n) is 6.69. The lowest BCUT2D eigenvalue weighted by molar-refractivity contribution is 0.409. The number of H-pyrrole nitrogens is 1. The van der Waals surface area contributed by atoms with Gasteiger partial charge in [0.05, 0.1) is 18.1 Å². The van der Waals surface area contributed by atoms with Crippen LogP contribution in [0, 0.1) is 10.7 Å². The molecule has 1 unspecified atom stereocenters. The Morgan fingerprint density at radius 2 is 2.32 bits per heavy atom. The largest absolute Gasteiger partial charge is 0.497 e. The molecule has 0 amide bonds. The van der Waals surface area contributed by atoms with Crippen molar-refractivity contribution >= 4 is 23.3 Å². The number of aromatic nitrogens is 2. The minimum absolute atomic E-state index is 0.682. The molecule has 0 fully saturated rings. The molecule has 100 valence electrons. The summed E-state index contributed by atoms with van der Waals surface area (Å²) in [5.41, 5.74) is 2.22. The number of hydrogen-bond acceptors (Lipinski definition) is 2. The van der Waals surface area contributed by atoms with Gasteiger partial charge in [-0.25, -0.2) is 0 Å². The topological polar surface area (TPSA) is 29.9 Å². The van der Waals surface area contributed by atoms with E-state index in [0.717, 1.165) is 34.5 Å². The average Bonchev–Trinajstić information content (AvgIpc) is 2.76. The maximum atomic E-state index is 5.45. The van der Waals surface area contributed by atoms with Crippen molar-refractivity contribution in [3.05, 3.63) is 35.1 Å². The van der Waals surface area contributed by atoms with Gasteiger partial charge in [-0.05, 0) is 49.5 Å². The van der Waals surface area contributed by atoms with Crippen LogP contribution in [0.3, 0.4) is 0 Å². The molecular weight excluding hydrogens is 256 g/mol. The van der Waals surface area contributed by atoms with E-state index < -0.39 is 0 Å². The number of methoxy groups -OCH3 is 1. The number of aromatic amines is 1. The predicted molar refractivity (Wildman–Crippen MR) is 80.2 cm³/mol. The van der Waals surface area contributed by atoms with Crippen LogP contribution >= 0.6 is 12.2 Å². The van der Waals surface area contributed by atoms with Gasteiger partial charge in [0.2, 0.25) is 0 Å². The van der Waals surface area contributed by atoms with Gasteiger partial charge in [0.15, 0.2) is 4.77 Å². The molecular formula is C15H18N2OS. The third-order valence-electron chi connectivity index (χ3n) is 3.80. The average molecular weight is 274 g/mol. The van der Waals surface area contributed by atoms with Gasteiger partial charge in [0.25, 0.3) is 0 Å². The van der Waals surface area contributed by atoms with Crippen molar-refractivity contribution in [1.29, 1.82) is 0 Å². The zero-order valence-corrected chi connectivity index (χ0v) is 11.9. The Kier molecular flexibility index (Phi) is 3.42. The third-order valence-corrected chi connectivity index (χ3v) is 4.12. The van der Waals surface area contributed by atoms with Crippen LogP contribution in [0.15, 0.2) is 30.4 Å². The Balaban J connectivity index is 1.99. The van der Waals surface area contributed by atoms with Gasteiger partial charge in [-0.15, -0.1) is 0 Å². The maximum Gasteiger partial charge on any atom is 0.178 e. The second-order valence-corrected chi connectivity index (χ2v) is 5.46. The summed E-state index contributed by atoms with van der Waals surface area (Å²) in [7, 11) is 1.69. The first kappa shape index (κ1) is 12.5. The highest BCUT2D eigenvalue weighted by atomic mass is 32.1. The lowest BCUT2D eigenvalue weighted by atomic mass is 9.94. The summed E-state index contributed by atoms with van der Waals surface area (Å²) in [6, 6.07) is 6.04. The predicted octanol–water partition coefficient (Wildman–Crippen LogP) is 4.06. The standard InChI is InChI=1S/C15H18N2OS/c1-18-12-7-8-13-14(9-12)17(15(19)16-13)10-11-5-3-2-4-6-11/h2-3,7-9,11H,4-6,10H2,1H3,(H,16,19). The van der Waals surface area contributed by atoms with E-state index in [1.54, 1.807) is 7.11 Å². The zero-order valence-electron chi connectivity index (χ0n) is 11.1. The van der Waals surface area contributed by atoms with Crippen LogP contribution in [-0.2, 0) is 6.54 Å². The van der Waals surface area contributed by atoms with Crippen molar-refractivity contribution in [2.24, 2.45) is 5.92 Å². The molecule has 1 atom stereocenters. The molecule has 0 spiro atoms. The van der Waals surface area contributed by atoms with E-state index >= 15 is 0 Å². The van der Waals surface area contributed by atoms with E-state index in [1.807, 2.05) is 12.1 Å². The van der Waals surface area contributed by atoms with Crippen molar-refractivity contribution in [2.75, 3.05) is 7.11 Å². The van der Waals surface area contributed by atoms with Gasteiger partial charge >= 0.3 is 0 Å². The van der Waals surface area contributed by atoms with Crippen molar-refractivity contribution in [3.63, 3.8) is 0 Å². The molecule has 1 aliphatic rings. The number of hydrogen-bond donors (Lipinski definition) is 1. The highest BCUT2D eigenvalue weighted by Gasteiger charge is 2.13. The molecule has 2 aromatic rings. The Morgan fingerprint density at radius 3 is 3.05 bits per heavy atom. The smallest absolute Gasteiger partial charge is 0.178 e. The fourth-order valence-corrected chi connectivity index (χ4v) is 3.00. The molecule has 3 rings (SSSR count). The summed E-state index contributed by atoms with van der Waals surface area (Å²) in [5, 5.41) is 0. The van der Waals surface area contributed by atoms with E-state index in [2.05, 4.69) is 27.8 Å². The molecule has 3 nitrogen and oxygen atoms in total. The van der Waals surface area contributed by atoms with E-state index in [4.69, 9.17) is 17.0 Å². The van der Waals surface area contributed by atoms with Crippen molar-refractivity contribution in [1.82, 2.24) is 9.55 Å². The number of nitrogens with zero attached hydrogens (tertiary/aromatic N) is 1. The van der Waals surface area contributed by atoms with Gasteiger partial charge in [-0.3, -0.25) is 0 Å². The molecule has 0 radical (unpaired) electrons. The van der Waals surface area contributed by atoms with Gasteiger partial charge in [0, 0.05) is 12.6 Å². The molecule has 19 heavy (non-hydrogen) atoms. The molecule has 1 N–H and O–H groups in total. The van der Waals surface area contributed by atoms with Crippen LogP contribution in [0.1, 0.15) is 19.3 Å². The number of benzene rings is 1. The molecule has 0 aliphatic heterocycles. The van der Waals surface area contributed by atoms with Gasteiger partial charge in [-0.2, -0.15) is 0 Å². The molecule has 0 bridgehead atoms. The molecule has 0 saturated heterocycles. The first-order chi connectivity index (χ1) is 9.28. The highest BCUT2D eigenvalue weighted by molar-refractivity contribution is 7.71. The van der Waals surface area contributed by atoms with Gasteiger partial charge in [-0.1, -0.05) is 12.2 Å². The summed E-state index contributed by atoms with van der Waals surface area (Å²) in [5.74, 6) is 1.56. The third kappa shape index (κ3) is 2.45. The van der Waals surface area contributed by atoms with E-state index in [1.165, 1.54) is 12.8 Å². The summed E-state index contributed by atoms with van der Waals surface area (Å²) in [6.07, 6.45) is 8.14. The van der Waals surface area contributed by atoms with Crippen molar-refractivity contribution in [3.8, 4) is 5.75 Å². The number of ether oxygens (including phenoxy) is 1. The van der Waals surface area contributed by atoms with Crippen LogP contribution in [0.25, 0.3) is 11.0 Å².